The van der Waals surface area contributed by atoms with Crippen LogP contribution in [0.15, 0.2) is 103 Å². The number of hydrogen-bond acceptors (Lipinski definition) is 3. The molecule has 0 spiro atoms. The second-order valence-electron chi connectivity index (χ2n) is 7.91. The minimum atomic E-state index is 0.905. The number of aromatic nitrogens is 3. The average molecular weight is 428 g/mol. The van der Waals surface area contributed by atoms with E-state index in [1.165, 1.54) is 31.3 Å². The Kier molecular flexibility index (Phi) is 3.72. The molecule has 0 bridgehead atoms. The third-order valence-electron chi connectivity index (χ3n) is 6.10. The van der Waals surface area contributed by atoms with Crippen LogP contribution in [0.4, 0.5) is 0 Å². The number of benzene rings is 3. The summed E-state index contributed by atoms with van der Waals surface area (Å²) >= 11 is 1.84. The fraction of sp³-hybridized carbons (Fsp3) is 0. The Labute approximate surface area is 188 Å². The maximum atomic E-state index is 4.82. The first-order valence-corrected chi connectivity index (χ1v) is 11.4. The summed E-state index contributed by atoms with van der Waals surface area (Å²) in [5, 5.41) is 3.71. The van der Waals surface area contributed by atoms with E-state index in [-0.39, 0.29) is 0 Å². The largest absolute Gasteiger partial charge is 0.291 e. The Bertz CT molecular complexity index is 1780. The van der Waals surface area contributed by atoms with Gasteiger partial charge in [0.15, 0.2) is 0 Å². The molecule has 32 heavy (non-hydrogen) atoms. The minimum absolute atomic E-state index is 0.905. The molecule has 0 atom stereocenters. The minimum Gasteiger partial charge on any atom is -0.291 e. The summed E-state index contributed by atoms with van der Waals surface area (Å²) in [6, 6.07) is 31.9. The first kappa shape index (κ1) is 17.6. The lowest BCUT2D eigenvalue weighted by atomic mass is 10.1. The second-order valence-corrected chi connectivity index (χ2v) is 8.99. The van der Waals surface area contributed by atoms with Crippen molar-refractivity contribution in [2.45, 2.75) is 0 Å². The number of fused-ring (bicyclic) bond motifs is 7. The first-order chi connectivity index (χ1) is 15.9. The highest BCUT2D eigenvalue weighted by Gasteiger charge is 2.19. The van der Waals surface area contributed by atoms with Crippen LogP contribution >= 0.6 is 11.3 Å². The van der Waals surface area contributed by atoms with Gasteiger partial charge in [-0.25, -0.2) is 4.98 Å². The maximum Gasteiger partial charge on any atom is 0.138 e. The Morgan fingerprint density at radius 3 is 2.44 bits per heavy atom. The molecule has 0 aliphatic rings. The molecule has 7 rings (SSSR count). The van der Waals surface area contributed by atoms with E-state index in [0.717, 1.165) is 27.8 Å². The molecule has 150 valence electrons. The molecule has 0 unspecified atom stereocenters. The molecule has 4 heterocycles. The molecule has 0 fully saturated rings. The van der Waals surface area contributed by atoms with Crippen LogP contribution in [0.3, 0.4) is 0 Å². The Morgan fingerprint density at radius 1 is 0.625 bits per heavy atom. The van der Waals surface area contributed by atoms with Gasteiger partial charge in [0.1, 0.15) is 5.82 Å². The number of rotatable bonds is 2. The summed E-state index contributed by atoms with van der Waals surface area (Å²) in [5.74, 6) is 0.905. The topological polar surface area (TPSA) is 30.7 Å². The van der Waals surface area contributed by atoms with Crippen molar-refractivity contribution in [1.82, 2.24) is 14.5 Å². The van der Waals surface area contributed by atoms with Crippen molar-refractivity contribution in [2.24, 2.45) is 0 Å². The van der Waals surface area contributed by atoms with Gasteiger partial charge in [0.25, 0.3) is 0 Å². The van der Waals surface area contributed by atoms with Gasteiger partial charge in [0, 0.05) is 38.0 Å². The first-order valence-electron chi connectivity index (χ1n) is 10.6. The van der Waals surface area contributed by atoms with Crippen LogP contribution in [0.5, 0.6) is 0 Å². The lowest BCUT2D eigenvalue weighted by molar-refractivity contribution is 1.08. The van der Waals surface area contributed by atoms with Crippen molar-refractivity contribution in [2.75, 3.05) is 0 Å². The van der Waals surface area contributed by atoms with E-state index in [2.05, 4.69) is 83.4 Å². The molecule has 0 N–H and O–H groups in total. The predicted octanol–water partition coefficient (Wildman–Crippen LogP) is 7.61. The van der Waals surface area contributed by atoms with Crippen molar-refractivity contribution in [3.8, 4) is 16.9 Å². The molecule has 7 aromatic rings. The van der Waals surface area contributed by atoms with E-state index >= 15 is 0 Å². The number of thiophene rings is 1. The zero-order valence-corrected chi connectivity index (χ0v) is 17.9. The summed E-state index contributed by atoms with van der Waals surface area (Å²) < 4.78 is 4.86. The third-order valence-corrected chi connectivity index (χ3v) is 7.24. The summed E-state index contributed by atoms with van der Waals surface area (Å²) in [6.45, 7) is 0. The fourth-order valence-corrected chi connectivity index (χ4v) is 5.82. The van der Waals surface area contributed by atoms with Crippen molar-refractivity contribution >= 4 is 53.4 Å². The molecule has 0 amide bonds. The molecule has 3 nitrogen and oxygen atoms in total. The van der Waals surface area contributed by atoms with Crippen LogP contribution in [-0.4, -0.2) is 14.5 Å². The third kappa shape index (κ3) is 2.47. The highest BCUT2D eigenvalue weighted by Crippen LogP contribution is 2.42. The zero-order valence-electron chi connectivity index (χ0n) is 17.1. The fourth-order valence-electron chi connectivity index (χ4n) is 4.72. The molecule has 0 radical (unpaired) electrons. The number of nitrogens with zero attached hydrogens (tertiary/aromatic N) is 3. The van der Waals surface area contributed by atoms with Crippen molar-refractivity contribution in [3.05, 3.63) is 103 Å². The second kappa shape index (κ2) is 6.74. The highest BCUT2D eigenvalue weighted by molar-refractivity contribution is 7.26. The molecular formula is C28H17N3S. The summed E-state index contributed by atoms with van der Waals surface area (Å²) in [5.41, 5.74) is 5.58. The zero-order chi connectivity index (χ0) is 21.1. The Morgan fingerprint density at radius 2 is 1.50 bits per heavy atom. The SMILES string of the molecule is c1ccc(-c2ccnc(-n3c4cccnc4c4ccc5sc6ccccc6c5c43)c2)cc1. The standard InChI is InChI=1S/C28H17N3S/c1-2-7-18(8-3-1)19-14-16-29-25(17-19)31-22-10-6-15-30-27(22)21-12-13-24-26(28(21)31)20-9-4-5-11-23(20)32-24/h1-17H. The number of pyridine rings is 2. The van der Waals surface area contributed by atoms with E-state index in [1.807, 2.05) is 35.9 Å². The smallest absolute Gasteiger partial charge is 0.138 e. The van der Waals surface area contributed by atoms with E-state index in [1.54, 1.807) is 0 Å². The van der Waals surface area contributed by atoms with Gasteiger partial charge in [-0.15, -0.1) is 11.3 Å². The monoisotopic (exact) mass is 427 g/mol. The molecule has 0 aliphatic heterocycles. The summed E-state index contributed by atoms with van der Waals surface area (Å²) in [6.07, 6.45) is 3.77. The van der Waals surface area contributed by atoms with Crippen molar-refractivity contribution in [1.29, 1.82) is 0 Å². The van der Waals surface area contributed by atoms with E-state index in [9.17, 15) is 0 Å². The molecule has 0 saturated heterocycles. The van der Waals surface area contributed by atoms with Crippen LogP contribution in [0.2, 0.25) is 0 Å². The molecule has 0 saturated carbocycles. The quantitative estimate of drug-likeness (QED) is 0.284. The van der Waals surface area contributed by atoms with Crippen LogP contribution in [0.1, 0.15) is 0 Å². The van der Waals surface area contributed by atoms with E-state index in [4.69, 9.17) is 9.97 Å². The van der Waals surface area contributed by atoms with Crippen LogP contribution in [0.25, 0.3) is 59.1 Å². The summed E-state index contributed by atoms with van der Waals surface area (Å²) in [4.78, 5) is 9.58. The Balaban J connectivity index is 1.65. The van der Waals surface area contributed by atoms with Crippen molar-refractivity contribution < 1.29 is 0 Å². The van der Waals surface area contributed by atoms with Gasteiger partial charge in [-0.3, -0.25) is 9.55 Å². The van der Waals surface area contributed by atoms with Gasteiger partial charge in [-0.1, -0.05) is 48.5 Å². The van der Waals surface area contributed by atoms with E-state index < -0.39 is 0 Å². The summed E-state index contributed by atoms with van der Waals surface area (Å²) in [7, 11) is 0. The molecular weight excluding hydrogens is 410 g/mol. The van der Waals surface area contributed by atoms with Gasteiger partial charge in [0.05, 0.1) is 16.6 Å². The molecule has 4 heteroatoms. The number of hydrogen-bond donors (Lipinski definition) is 0. The molecule has 3 aromatic carbocycles. The van der Waals surface area contributed by atoms with E-state index in [0.29, 0.717) is 0 Å². The maximum absolute atomic E-state index is 4.82. The van der Waals surface area contributed by atoms with Gasteiger partial charge in [-0.05, 0) is 53.6 Å². The normalized spacial score (nSPS) is 11.8. The van der Waals surface area contributed by atoms with Crippen LogP contribution in [0, 0.1) is 0 Å². The van der Waals surface area contributed by atoms with Gasteiger partial charge >= 0.3 is 0 Å². The van der Waals surface area contributed by atoms with Gasteiger partial charge < -0.3 is 0 Å². The molecule has 4 aromatic heterocycles. The molecule has 0 aliphatic carbocycles. The Hall–Kier alpha value is -4.02. The van der Waals surface area contributed by atoms with Gasteiger partial charge in [0.2, 0.25) is 0 Å². The lowest BCUT2D eigenvalue weighted by Crippen LogP contribution is -1.98. The highest BCUT2D eigenvalue weighted by atomic mass is 32.1. The van der Waals surface area contributed by atoms with Gasteiger partial charge in [-0.2, -0.15) is 0 Å². The predicted molar refractivity (Wildman–Crippen MR) is 135 cm³/mol. The van der Waals surface area contributed by atoms with Crippen LogP contribution in [-0.2, 0) is 0 Å². The van der Waals surface area contributed by atoms with Crippen LogP contribution < -0.4 is 0 Å². The lowest BCUT2D eigenvalue weighted by Gasteiger charge is -2.10. The average Bonchev–Trinajstić information content (AvgIpc) is 3.40. The van der Waals surface area contributed by atoms with Crippen molar-refractivity contribution in [3.63, 3.8) is 0 Å².